The molecule has 0 unspecified atom stereocenters. The van der Waals surface area contributed by atoms with Gasteiger partial charge in [0.25, 0.3) is 11.8 Å². The standard InChI is InChI=1S/C28H22N4O2/c1-3-19-6-13-23(14-7-19)30-28(34)24-18-20(4-2)8-15-25(24)31-27(33)22-11-9-21(10-12-22)26(29)32-16-5-17-32/h1-2,6-15,18,29H,5,16-17H2,(H,30,34)(H,31,33). The van der Waals surface area contributed by atoms with E-state index < -0.39 is 5.91 Å². The number of rotatable bonds is 5. The van der Waals surface area contributed by atoms with Gasteiger partial charge in [0.05, 0.1) is 11.3 Å². The van der Waals surface area contributed by atoms with E-state index in [1.54, 1.807) is 66.7 Å². The lowest BCUT2D eigenvalue weighted by Crippen LogP contribution is -2.42. The van der Waals surface area contributed by atoms with E-state index in [0.717, 1.165) is 25.1 Å². The Kier molecular flexibility index (Phi) is 6.43. The summed E-state index contributed by atoms with van der Waals surface area (Å²) in [5.74, 6) is 4.70. The minimum atomic E-state index is -0.417. The molecule has 6 heteroatoms. The summed E-state index contributed by atoms with van der Waals surface area (Å²) < 4.78 is 0. The summed E-state index contributed by atoms with van der Waals surface area (Å²) in [6.07, 6.45) is 12.0. The molecular formula is C28H22N4O2. The zero-order valence-corrected chi connectivity index (χ0v) is 18.4. The third-order valence-corrected chi connectivity index (χ3v) is 5.58. The van der Waals surface area contributed by atoms with E-state index in [2.05, 4.69) is 22.5 Å². The van der Waals surface area contributed by atoms with Crippen LogP contribution < -0.4 is 10.6 Å². The Balaban J connectivity index is 1.52. The SMILES string of the molecule is C#Cc1ccc(NC(=O)c2cc(C#C)ccc2NC(=O)c2ccc(C(=N)N3CCC3)cc2)cc1. The molecule has 0 aromatic heterocycles. The van der Waals surface area contributed by atoms with Gasteiger partial charge in [0.2, 0.25) is 0 Å². The number of carbonyl (C=O) groups excluding carboxylic acids is 2. The van der Waals surface area contributed by atoms with Crippen molar-refractivity contribution in [3.8, 4) is 24.7 Å². The average Bonchev–Trinajstić information content (AvgIpc) is 2.83. The zero-order chi connectivity index (χ0) is 24.1. The van der Waals surface area contributed by atoms with Crippen molar-refractivity contribution in [2.75, 3.05) is 23.7 Å². The van der Waals surface area contributed by atoms with Crippen molar-refractivity contribution in [2.24, 2.45) is 0 Å². The molecule has 2 amide bonds. The highest BCUT2D eigenvalue weighted by molar-refractivity contribution is 6.13. The molecule has 3 N–H and O–H groups in total. The van der Waals surface area contributed by atoms with E-state index in [9.17, 15) is 9.59 Å². The number of nitrogens with one attached hydrogen (secondary N) is 3. The molecule has 3 aromatic rings. The van der Waals surface area contributed by atoms with Crippen molar-refractivity contribution in [2.45, 2.75) is 6.42 Å². The molecule has 4 rings (SSSR count). The van der Waals surface area contributed by atoms with Gasteiger partial charge in [-0.2, -0.15) is 0 Å². The molecule has 3 aromatic carbocycles. The first-order valence-corrected chi connectivity index (χ1v) is 10.7. The van der Waals surface area contributed by atoms with E-state index >= 15 is 0 Å². The van der Waals surface area contributed by atoms with Crippen molar-refractivity contribution in [3.63, 3.8) is 0 Å². The van der Waals surface area contributed by atoms with Crippen molar-refractivity contribution < 1.29 is 9.59 Å². The molecule has 1 fully saturated rings. The third kappa shape index (κ3) is 4.82. The summed E-state index contributed by atoms with van der Waals surface area (Å²) in [7, 11) is 0. The lowest BCUT2D eigenvalue weighted by atomic mass is 10.1. The van der Waals surface area contributed by atoms with Crippen LogP contribution in [0.1, 0.15) is 43.8 Å². The fourth-order valence-corrected chi connectivity index (χ4v) is 3.48. The summed E-state index contributed by atoms with van der Waals surface area (Å²) in [5.41, 5.74) is 3.52. The number of hydrogen-bond acceptors (Lipinski definition) is 3. The van der Waals surface area contributed by atoms with Gasteiger partial charge >= 0.3 is 0 Å². The van der Waals surface area contributed by atoms with Gasteiger partial charge in [-0.1, -0.05) is 24.0 Å². The molecule has 0 atom stereocenters. The highest BCUT2D eigenvalue weighted by Crippen LogP contribution is 2.21. The van der Waals surface area contributed by atoms with Gasteiger partial charge in [0, 0.05) is 41.0 Å². The van der Waals surface area contributed by atoms with Crippen LogP contribution in [0.5, 0.6) is 0 Å². The molecule has 6 nitrogen and oxygen atoms in total. The lowest BCUT2D eigenvalue weighted by molar-refractivity contribution is 0.102. The van der Waals surface area contributed by atoms with Crippen LogP contribution in [0, 0.1) is 30.1 Å². The smallest absolute Gasteiger partial charge is 0.257 e. The second-order valence-electron chi connectivity index (χ2n) is 7.80. The van der Waals surface area contributed by atoms with Gasteiger partial charge in [-0.05, 0) is 61.0 Å². The highest BCUT2D eigenvalue weighted by Gasteiger charge is 2.19. The van der Waals surface area contributed by atoms with E-state index in [0.29, 0.717) is 33.9 Å². The predicted molar refractivity (Wildman–Crippen MR) is 134 cm³/mol. The number of amides is 2. The van der Waals surface area contributed by atoms with Crippen LogP contribution in [0.2, 0.25) is 0 Å². The second-order valence-corrected chi connectivity index (χ2v) is 7.80. The number of nitrogens with zero attached hydrogens (tertiary/aromatic N) is 1. The summed E-state index contributed by atoms with van der Waals surface area (Å²) in [5, 5.41) is 13.8. The molecule has 0 saturated carbocycles. The third-order valence-electron chi connectivity index (χ3n) is 5.58. The van der Waals surface area contributed by atoms with Crippen molar-refractivity contribution >= 4 is 29.0 Å². The largest absolute Gasteiger partial charge is 0.356 e. The maximum absolute atomic E-state index is 13.0. The molecule has 34 heavy (non-hydrogen) atoms. The van der Waals surface area contributed by atoms with Crippen LogP contribution >= 0.6 is 0 Å². The van der Waals surface area contributed by atoms with E-state index in [-0.39, 0.29) is 11.5 Å². The van der Waals surface area contributed by atoms with Gasteiger partial charge in [-0.15, -0.1) is 12.8 Å². The fraction of sp³-hybridized carbons (Fsp3) is 0.107. The summed E-state index contributed by atoms with van der Waals surface area (Å²) in [6, 6.07) is 18.5. The fourth-order valence-electron chi connectivity index (χ4n) is 3.48. The van der Waals surface area contributed by atoms with Crippen LogP contribution in [-0.4, -0.2) is 35.6 Å². The highest BCUT2D eigenvalue weighted by atomic mass is 16.2. The summed E-state index contributed by atoms with van der Waals surface area (Å²) in [6.45, 7) is 1.77. The van der Waals surface area contributed by atoms with Crippen molar-refractivity contribution in [3.05, 3.63) is 94.5 Å². The van der Waals surface area contributed by atoms with Crippen molar-refractivity contribution in [1.29, 1.82) is 5.41 Å². The Morgan fingerprint density at radius 3 is 2.00 bits per heavy atom. The maximum Gasteiger partial charge on any atom is 0.257 e. The van der Waals surface area contributed by atoms with Crippen LogP contribution in [0.4, 0.5) is 11.4 Å². The second kappa shape index (κ2) is 9.77. The lowest BCUT2D eigenvalue weighted by Gasteiger charge is -2.33. The number of benzene rings is 3. The Morgan fingerprint density at radius 1 is 0.794 bits per heavy atom. The van der Waals surface area contributed by atoms with Crippen LogP contribution in [-0.2, 0) is 0 Å². The first kappa shape index (κ1) is 22.4. The number of likely N-dealkylation sites (tertiary alicyclic amines) is 1. The topological polar surface area (TPSA) is 85.3 Å². The average molecular weight is 447 g/mol. The normalized spacial score (nSPS) is 12.0. The maximum atomic E-state index is 13.0. The van der Waals surface area contributed by atoms with Crippen LogP contribution in [0.15, 0.2) is 66.7 Å². The van der Waals surface area contributed by atoms with E-state index in [4.69, 9.17) is 18.3 Å². The predicted octanol–water partition coefficient (Wildman–Crippen LogP) is 4.18. The van der Waals surface area contributed by atoms with Gasteiger partial charge in [0.15, 0.2) is 0 Å². The zero-order valence-electron chi connectivity index (χ0n) is 18.4. The Morgan fingerprint density at radius 2 is 1.41 bits per heavy atom. The quantitative estimate of drug-likeness (QED) is 0.312. The van der Waals surface area contributed by atoms with Gasteiger partial charge < -0.3 is 15.5 Å². The molecule has 1 aliphatic rings. The van der Waals surface area contributed by atoms with Crippen LogP contribution in [0.25, 0.3) is 0 Å². The monoisotopic (exact) mass is 446 g/mol. The van der Waals surface area contributed by atoms with Gasteiger partial charge in [-0.25, -0.2) is 0 Å². The van der Waals surface area contributed by atoms with Crippen molar-refractivity contribution in [1.82, 2.24) is 4.90 Å². The number of carbonyl (C=O) groups is 2. The molecule has 1 saturated heterocycles. The Labute approximate surface area is 198 Å². The number of amidine groups is 1. The number of anilines is 2. The van der Waals surface area contributed by atoms with Gasteiger partial charge in [0.1, 0.15) is 5.84 Å². The molecule has 1 heterocycles. The molecule has 0 radical (unpaired) electrons. The van der Waals surface area contributed by atoms with E-state index in [1.165, 1.54) is 0 Å². The minimum absolute atomic E-state index is 0.237. The molecule has 166 valence electrons. The molecule has 0 spiro atoms. The Bertz CT molecular complexity index is 1340. The molecular weight excluding hydrogens is 424 g/mol. The summed E-state index contributed by atoms with van der Waals surface area (Å²) >= 11 is 0. The first-order chi connectivity index (χ1) is 16.5. The minimum Gasteiger partial charge on any atom is -0.356 e. The first-order valence-electron chi connectivity index (χ1n) is 10.7. The molecule has 0 aliphatic carbocycles. The van der Waals surface area contributed by atoms with Gasteiger partial charge in [-0.3, -0.25) is 15.0 Å². The molecule has 0 bridgehead atoms. The van der Waals surface area contributed by atoms with E-state index in [1.807, 2.05) is 4.90 Å². The Hall–Kier alpha value is -4.81. The number of terminal acetylenes is 2. The summed E-state index contributed by atoms with van der Waals surface area (Å²) in [4.78, 5) is 27.9. The number of hydrogen-bond donors (Lipinski definition) is 3. The van der Waals surface area contributed by atoms with Crippen LogP contribution in [0.3, 0.4) is 0 Å². The molecule has 1 aliphatic heterocycles.